The van der Waals surface area contributed by atoms with Crippen molar-refractivity contribution in [1.82, 2.24) is 9.80 Å². The van der Waals surface area contributed by atoms with E-state index in [1.807, 2.05) is 12.1 Å². The van der Waals surface area contributed by atoms with Crippen LogP contribution in [0.3, 0.4) is 0 Å². The molecule has 2 heterocycles. The van der Waals surface area contributed by atoms with Crippen LogP contribution >= 0.6 is 22.9 Å². The van der Waals surface area contributed by atoms with Gasteiger partial charge in [0, 0.05) is 43.2 Å². The average molecular weight is 389 g/mol. The van der Waals surface area contributed by atoms with Crippen LogP contribution in [-0.2, 0) is 12.7 Å². The molecule has 1 aliphatic rings. The molecule has 1 aromatic heterocycles. The topological polar surface area (TPSA) is 23.6 Å². The number of nitrogens with zero attached hydrogens (tertiary/aromatic N) is 2. The van der Waals surface area contributed by atoms with Crippen LogP contribution in [-0.4, -0.2) is 41.9 Å². The molecule has 0 unspecified atom stereocenters. The molecular weight excluding hydrogens is 373 g/mol. The van der Waals surface area contributed by atoms with Crippen molar-refractivity contribution in [1.29, 1.82) is 0 Å². The van der Waals surface area contributed by atoms with E-state index in [1.165, 1.54) is 28.3 Å². The standard InChI is InChI=1S/C17H16ClF3N2OS/c18-15-6-5-14(25-15)11-22-7-9-23(10-8-22)16(24)12-1-3-13(4-2-12)17(19,20)21/h1-6H,7-11H2. The van der Waals surface area contributed by atoms with E-state index in [0.717, 1.165) is 36.1 Å². The van der Waals surface area contributed by atoms with Gasteiger partial charge in [0.25, 0.3) is 5.91 Å². The highest BCUT2D eigenvalue weighted by Gasteiger charge is 2.30. The lowest BCUT2D eigenvalue weighted by atomic mass is 10.1. The monoisotopic (exact) mass is 388 g/mol. The molecule has 25 heavy (non-hydrogen) atoms. The molecule has 1 saturated heterocycles. The van der Waals surface area contributed by atoms with Gasteiger partial charge >= 0.3 is 6.18 Å². The minimum atomic E-state index is -4.39. The fourth-order valence-electron chi connectivity index (χ4n) is 2.75. The van der Waals surface area contributed by atoms with E-state index in [4.69, 9.17) is 11.6 Å². The Kier molecular flexibility index (Phi) is 5.36. The Morgan fingerprint density at radius 3 is 2.20 bits per heavy atom. The highest BCUT2D eigenvalue weighted by molar-refractivity contribution is 7.16. The molecule has 1 amide bonds. The molecule has 0 bridgehead atoms. The second-order valence-corrected chi connectivity index (χ2v) is 7.65. The zero-order valence-corrected chi connectivity index (χ0v) is 14.8. The van der Waals surface area contributed by atoms with Gasteiger partial charge in [-0.15, -0.1) is 11.3 Å². The summed E-state index contributed by atoms with van der Waals surface area (Å²) in [6, 6.07) is 8.24. The van der Waals surface area contributed by atoms with Crippen molar-refractivity contribution < 1.29 is 18.0 Å². The number of hydrogen-bond donors (Lipinski definition) is 0. The Morgan fingerprint density at radius 1 is 1.04 bits per heavy atom. The summed E-state index contributed by atoms with van der Waals surface area (Å²) >= 11 is 7.47. The quantitative estimate of drug-likeness (QED) is 0.779. The highest BCUT2D eigenvalue weighted by Crippen LogP contribution is 2.29. The number of thiophene rings is 1. The first-order valence-electron chi connectivity index (χ1n) is 7.76. The third-order valence-electron chi connectivity index (χ3n) is 4.13. The van der Waals surface area contributed by atoms with Gasteiger partial charge < -0.3 is 4.90 Å². The molecule has 8 heteroatoms. The Hall–Kier alpha value is -1.57. The molecule has 0 aliphatic carbocycles. The Balaban J connectivity index is 1.56. The van der Waals surface area contributed by atoms with Crippen molar-refractivity contribution >= 4 is 28.8 Å². The molecule has 0 N–H and O–H groups in total. The van der Waals surface area contributed by atoms with Crippen molar-refractivity contribution in [3.63, 3.8) is 0 Å². The first-order valence-corrected chi connectivity index (χ1v) is 8.95. The van der Waals surface area contributed by atoms with Gasteiger partial charge in [-0.1, -0.05) is 11.6 Å². The van der Waals surface area contributed by atoms with E-state index in [1.54, 1.807) is 4.90 Å². The number of hydrogen-bond acceptors (Lipinski definition) is 3. The van der Waals surface area contributed by atoms with Crippen LogP contribution in [0.4, 0.5) is 13.2 Å². The van der Waals surface area contributed by atoms with E-state index in [2.05, 4.69) is 4.90 Å². The molecular formula is C17H16ClF3N2OS. The zero-order valence-electron chi connectivity index (χ0n) is 13.2. The second kappa shape index (κ2) is 7.35. The summed E-state index contributed by atoms with van der Waals surface area (Å²) in [4.78, 5) is 17.5. The fraction of sp³-hybridized carbons (Fsp3) is 0.353. The number of carbonyl (C=O) groups excluding carboxylic acids is 1. The normalized spacial score (nSPS) is 16.2. The number of rotatable bonds is 3. The Labute approximate surface area is 152 Å². The lowest BCUT2D eigenvalue weighted by Crippen LogP contribution is -2.48. The lowest BCUT2D eigenvalue weighted by Gasteiger charge is -2.34. The van der Waals surface area contributed by atoms with Crippen LogP contribution in [0.25, 0.3) is 0 Å². The summed E-state index contributed by atoms with van der Waals surface area (Å²) in [5.41, 5.74) is -0.463. The average Bonchev–Trinajstić information content (AvgIpc) is 2.99. The van der Waals surface area contributed by atoms with Gasteiger partial charge in [0.1, 0.15) is 0 Å². The van der Waals surface area contributed by atoms with Crippen LogP contribution in [0.1, 0.15) is 20.8 Å². The molecule has 0 atom stereocenters. The van der Waals surface area contributed by atoms with Crippen LogP contribution in [0.5, 0.6) is 0 Å². The van der Waals surface area contributed by atoms with E-state index in [0.29, 0.717) is 13.1 Å². The van der Waals surface area contributed by atoms with Gasteiger partial charge in [-0.05, 0) is 36.4 Å². The van der Waals surface area contributed by atoms with Gasteiger partial charge in [-0.3, -0.25) is 9.69 Å². The third kappa shape index (κ3) is 4.54. The number of alkyl halides is 3. The first kappa shape index (κ1) is 18.2. The van der Waals surface area contributed by atoms with Gasteiger partial charge in [0.15, 0.2) is 0 Å². The summed E-state index contributed by atoms with van der Waals surface area (Å²) in [6.45, 7) is 3.35. The molecule has 0 radical (unpaired) electrons. The third-order valence-corrected chi connectivity index (χ3v) is 5.34. The molecule has 1 aromatic carbocycles. The van der Waals surface area contributed by atoms with Crippen molar-refractivity contribution in [2.45, 2.75) is 12.7 Å². The zero-order chi connectivity index (χ0) is 18.0. The first-order chi connectivity index (χ1) is 11.8. The van der Waals surface area contributed by atoms with Crippen LogP contribution in [0.15, 0.2) is 36.4 Å². The van der Waals surface area contributed by atoms with Gasteiger partial charge in [-0.25, -0.2) is 0 Å². The van der Waals surface area contributed by atoms with Crippen molar-refractivity contribution in [2.24, 2.45) is 0 Å². The van der Waals surface area contributed by atoms with Gasteiger partial charge in [0.2, 0.25) is 0 Å². The smallest absolute Gasteiger partial charge is 0.336 e. The largest absolute Gasteiger partial charge is 0.416 e. The van der Waals surface area contributed by atoms with Gasteiger partial charge in [-0.2, -0.15) is 13.2 Å². The predicted molar refractivity (Wildman–Crippen MR) is 92.0 cm³/mol. The van der Waals surface area contributed by atoms with Crippen molar-refractivity contribution in [3.8, 4) is 0 Å². The highest BCUT2D eigenvalue weighted by atomic mass is 35.5. The second-order valence-electron chi connectivity index (χ2n) is 5.85. The molecule has 1 fully saturated rings. The molecule has 3 nitrogen and oxygen atoms in total. The van der Waals surface area contributed by atoms with Crippen LogP contribution in [0.2, 0.25) is 4.34 Å². The summed E-state index contributed by atoms with van der Waals surface area (Å²) < 4.78 is 38.5. The molecule has 3 rings (SSSR count). The summed E-state index contributed by atoms with van der Waals surface area (Å²) in [7, 11) is 0. The number of amides is 1. The maximum atomic E-state index is 12.6. The Bertz CT molecular complexity index is 737. The fourth-order valence-corrected chi connectivity index (χ4v) is 3.88. The SMILES string of the molecule is O=C(c1ccc(C(F)(F)F)cc1)N1CCN(Cc2ccc(Cl)s2)CC1. The Morgan fingerprint density at radius 2 is 1.68 bits per heavy atom. The lowest BCUT2D eigenvalue weighted by molar-refractivity contribution is -0.137. The molecule has 0 saturated carbocycles. The van der Waals surface area contributed by atoms with E-state index < -0.39 is 11.7 Å². The number of benzene rings is 1. The van der Waals surface area contributed by atoms with Gasteiger partial charge in [0.05, 0.1) is 9.90 Å². The molecule has 134 valence electrons. The number of carbonyl (C=O) groups is 1. The van der Waals surface area contributed by atoms with Crippen LogP contribution < -0.4 is 0 Å². The maximum absolute atomic E-state index is 12.6. The number of halogens is 4. The van der Waals surface area contributed by atoms with Crippen LogP contribution in [0, 0.1) is 0 Å². The van der Waals surface area contributed by atoms with E-state index >= 15 is 0 Å². The minimum absolute atomic E-state index is 0.229. The maximum Gasteiger partial charge on any atom is 0.416 e. The summed E-state index contributed by atoms with van der Waals surface area (Å²) in [5, 5.41) is 0. The predicted octanol–water partition coefficient (Wildman–Crippen LogP) is 4.38. The minimum Gasteiger partial charge on any atom is -0.336 e. The van der Waals surface area contributed by atoms with Crippen molar-refractivity contribution in [2.75, 3.05) is 26.2 Å². The summed E-state index contributed by atoms with van der Waals surface area (Å²) in [6.07, 6.45) is -4.39. The van der Waals surface area contributed by atoms with Crippen molar-refractivity contribution in [3.05, 3.63) is 56.7 Å². The molecule has 0 spiro atoms. The molecule has 1 aliphatic heterocycles. The molecule has 2 aromatic rings. The van der Waals surface area contributed by atoms with E-state index in [9.17, 15) is 18.0 Å². The summed E-state index contributed by atoms with van der Waals surface area (Å²) in [5.74, 6) is -0.229. The number of piperazine rings is 1. The van der Waals surface area contributed by atoms with E-state index in [-0.39, 0.29) is 11.5 Å².